The predicted molar refractivity (Wildman–Crippen MR) is 264 cm³/mol. The number of carbonyl (C=O) groups is 2. The summed E-state index contributed by atoms with van der Waals surface area (Å²) in [6.07, 6.45) is 59.3. The van der Waals surface area contributed by atoms with E-state index >= 15 is 0 Å². The molecule has 0 saturated heterocycles. The Morgan fingerprint density at radius 3 is 1.11 bits per heavy atom. The van der Waals surface area contributed by atoms with Gasteiger partial charge in [0.2, 0.25) is 5.91 Å². The molecule has 0 aliphatic rings. The molecular weight excluding hydrogens is 755 g/mol. The number of unbranched alkanes of at least 4 members (excludes halogenated alkanes) is 40. The van der Waals surface area contributed by atoms with E-state index < -0.39 is 12.1 Å². The molecule has 0 aromatic carbocycles. The summed E-state index contributed by atoms with van der Waals surface area (Å²) >= 11 is 0. The average molecular weight is 862 g/mol. The first kappa shape index (κ1) is 59.6. The third kappa shape index (κ3) is 47.9. The number of carbonyl (C=O) groups excluding carboxylic acids is 2. The zero-order chi connectivity index (χ0) is 44.4. The lowest BCUT2D eigenvalue weighted by molar-refractivity contribution is -0.143. The van der Waals surface area contributed by atoms with Crippen LogP contribution in [0.3, 0.4) is 0 Å². The normalized spacial score (nSPS) is 12.7. The van der Waals surface area contributed by atoms with E-state index in [0.717, 1.165) is 44.9 Å². The minimum Gasteiger partial charge on any atom is -0.466 e. The van der Waals surface area contributed by atoms with Gasteiger partial charge in [-0.2, -0.15) is 0 Å². The van der Waals surface area contributed by atoms with Gasteiger partial charge in [0.1, 0.15) is 0 Å². The van der Waals surface area contributed by atoms with Crippen molar-refractivity contribution in [2.24, 2.45) is 0 Å². The van der Waals surface area contributed by atoms with Crippen molar-refractivity contribution in [2.75, 3.05) is 13.2 Å². The highest BCUT2D eigenvalue weighted by Gasteiger charge is 2.18. The second-order valence-corrected chi connectivity index (χ2v) is 18.9. The lowest BCUT2D eigenvalue weighted by Crippen LogP contribution is -2.45. The monoisotopic (exact) mass is 862 g/mol. The number of nitrogens with one attached hydrogen (secondary N) is 1. The summed E-state index contributed by atoms with van der Waals surface area (Å²) in [5, 5.41) is 23.1. The molecule has 0 bridgehead atoms. The van der Waals surface area contributed by atoms with Crippen LogP contribution in [-0.4, -0.2) is 47.4 Å². The molecule has 1 amide bonds. The van der Waals surface area contributed by atoms with Gasteiger partial charge < -0.3 is 20.3 Å². The summed E-state index contributed by atoms with van der Waals surface area (Å²) in [7, 11) is 0. The molecule has 2 unspecified atom stereocenters. The lowest BCUT2D eigenvalue weighted by Gasteiger charge is -2.20. The average Bonchev–Trinajstić information content (AvgIpc) is 3.26. The van der Waals surface area contributed by atoms with Crippen LogP contribution in [0.25, 0.3) is 0 Å². The van der Waals surface area contributed by atoms with Gasteiger partial charge in [-0.15, -0.1) is 0 Å². The fourth-order valence-corrected chi connectivity index (χ4v) is 8.58. The third-order valence-corrected chi connectivity index (χ3v) is 12.8. The molecule has 61 heavy (non-hydrogen) atoms. The molecule has 0 heterocycles. The molecule has 0 fully saturated rings. The Bertz CT molecular complexity index is 909. The van der Waals surface area contributed by atoms with Crippen molar-refractivity contribution in [2.45, 2.75) is 315 Å². The zero-order valence-corrected chi connectivity index (χ0v) is 41.2. The molecule has 2 atom stereocenters. The van der Waals surface area contributed by atoms with Crippen LogP contribution in [0, 0.1) is 0 Å². The molecule has 0 aliphatic carbocycles. The first-order valence-corrected chi connectivity index (χ1v) is 27.5. The van der Waals surface area contributed by atoms with Crippen LogP contribution in [0.2, 0.25) is 0 Å². The van der Waals surface area contributed by atoms with Crippen LogP contribution in [0.4, 0.5) is 0 Å². The van der Waals surface area contributed by atoms with Crippen molar-refractivity contribution in [3.8, 4) is 0 Å². The largest absolute Gasteiger partial charge is 0.466 e. The van der Waals surface area contributed by atoms with Crippen LogP contribution < -0.4 is 5.32 Å². The van der Waals surface area contributed by atoms with Crippen molar-refractivity contribution < 1.29 is 24.5 Å². The Kier molecular flexibility index (Phi) is 50.1. The number of allylic oxidation sites excluding steroid dienone is 1. The van der Waals surface area contributed by atoms with Gasteiger partial charge in [-0.05, 0) is 32.1 Å². The molecule has 0 aliphatic heterocycles. The first-order chi connectivity index (χ1) is 30.0. The van der Waals surface area contributed by atoms with E-state index in [4.69, 9.17) is 4.74 Å². The molecule has 0 saturated carbocycles. The minimum atomic E-state index is -0.848. The quantitative estimate of drug-likeness (QED) is 0.0322. The zero-order valence-electron chi connectivity index (χ0n) is 41.2. The maximum absolute atomic E-state index is 12.4. The fourth-order valence-electron chi connectivity index (χ4n) is 8.58. The first-order valence-electron chi connectivity index (χ1n) is 27.5. The van der Waals surface area contributed by atoms with Crippen LogP contribution in [0.1, 0.15) is 303 Å². The molecule has 0 radical (unpaired) electrons. The molecule has 6 nitrogen and oxygen atoms in total. The highest BCUT2D eigenvalue weighted by Crippen LogP contribution is 2.17. The summed E-state index contributed by atoms with van der Waals surface area (Å²) in [6, 6.07) is -0.632. The Balaban J connectivity index is 3.45. The van der Waals surface area contributed by atoms with Crippen LogP contribution in [-0.2, 0) is 14.3 Å². The standard InChI is InChI=1S/C55H107NO5/c1-3-5-7-9-11-13-15-17-18-21-24-27-31-35-39-43-47-53(58)52(51-57)56-54(59)48-44-40-36-32-28-25-22-19-20-23-26-30-34-38-42-46-50-61-55(60)49-45-41-37-33-29-16-14-12-10-8-6-4-2/h43,47,52-53,57-58H,3-42,44-46,48-51H2,1-2H3,(H,56,59)/b47-43+. The predicted octanol–water partition coefficient (Wildman–Crippen LogP) is 16.5. The van der Waals surface area contributed by atoms with Crippen molar-refractivity contribution >= 4 is 11.9 Å². The van der Waals surface area contributed by atoms with E-state index in [2.05, 4.69) is 19.2 Å². The van der Waals surface area contributed by atoms with Gasteiger partial charge in [0.25, 0.3) is 0 Å². The fraction of sp³-hybridized carbons (Fsp3) is 0.927. The number of aliphatic hydroxyl groups is 2. The van der Waals surface area contributed by atoms with Crippen molar-refractivity contribution in [1.29, 1.82) is 0 Å². The third-order valence-electron chi connectivity index (χ3n) is 12.8. The van der Waals surface area contributed by atoms with Crippen molar-refractivity contribution in [3.05, 3.63) is 12.2 Å². The van der Waals surface area contributed by atoms with Gasteiger partial charge in [0.15, 0.2) is 0 Å². The summed E-state index contributed by atoms with van der Waals surface area (Å²) < 4.78 is 5.46. The number of esters is 1. The highest BCUT2D eigenvalue weighted by molar-refractivity contribution is 5.76. The highest BCUT2D eigenvalue weighted by atomic mass is 16.5. The SMILES string of the molecule is CCCCCCCCCCCCCCCC/C=C/C(O)C(CO)NC(=O)CCCCCCCCCCCCCCCCCCOC(=O)CCCCCCCCCCCCCC. The maximum Gasteiger partial charge on any atom is 0.305 e. The Morgan fingerprint density at radius 2 is 0.754 bits per heavy atom. The summed E-state index contributed by atoms with van der Waals surface area (Å²) in [4.78, 5) is 24.4. The molecule has 0 aromatic heterocycles. The minimum absolute atomic E-state index is 0.00316. The number of ether oxygens (including phenoxy) is 1. The smallest absolute Gasteiger partial charge is 0.305 e. The lowest BCUT2D eigenvalue weighted by atomic mass is 10.0. The van der Waals surface area contributed by atoms with Gasteiger partial charge in [0.05, 0.1) is 25.4 Å². The second-order valence-electron chi connectivity index (χ2n) is 18.9. The maximum atomic E-state index is 12.4. The molecular formula is C55H107NO5. The van der Waals surface area contributed by atoms with E-state index in [1.165, 1.54) is 231 Å². The van der Waals surface area contributed by atoms with Crippen LogP contribution >= 0.6 is 0 Å². The summed E-state index contributed by atoms with van der Waals surface area (Å²) in [5.74, 6) is -0.0697. The van der Waals surface area contributed by atoms with Gasteiger partial charge in [-0.1, -0.05) is 270 Å². The van der Waals surface area contributed by atoms with Crippen LogP contribution in [0.15, 0.2) is 12.2 Å². The molecule has 0 rings (SSSR count). The van der Waals surface area contributed by atoms with Crippen molar-refractivity contribution in [1.82, 2.24) is 5.32 Å². The molecule has 362 valence electrons. The number of amides is 1. The Hall–Kier alpha value is -1.40. The molecule has 0 aromatic rings. The van der Waals surface area contributed by atoms with Gasteiger partial charge in [-0.3, -0.25) is 9.59 Å². The van der Waals surface area contributed by atoms with E-state index in [1.54, 1.807) is 6.08 Å². The number of aliphatic hydroxyl groups excluding tert-OH is 2. The summed E-state index contributed by atoms with van der Waals surface area (Å²) in [5.41, 5.74) is 0. The van der Waals surface area contributed by atoms with Gasteiger partial charge >= 0.3 is 5.97 Å². The van der Waals surface area contributed by atoms with E-state index in [0.29, 0.717) is 19.4 Å². The topological polar surface area (TPSA) is 95.9 Å². The summed E-state index contributed by atoms with van der Waals surface area (Å²) in [6.45, 7) is 4.90. The van der Waals surface area contributed by atoms with Gasteiger partial charge in [0, 0.05) is 12.8 Å². The number of rotatable bonds is 51. The molecule has 6 heteroatoms. The second kappa shape index (κ2) is 51.2. The number of hydrogen-bond acceptors (Lipinski definition) is 5. The van der Waals surface area contributed by atoms with E-state index in [-0.39, 0.29) is 18.5 Å². The van der Waals surface area contributed by atoms with Crippen LogP contribution in [0.5, 0.6) is 0 Å². The number of hydrogen-bond donors (Lipinski definition) is 3. The Morgan fingerprint density at radius 1 is 0.443 bits per heavy atom. The van der Waals surface area contributed by atoms with Crippen molar-refractivity contribution in [3.63, 3.8) is 0 Å². The van der Waals surface area contributed by atoms with E-state index in [9.17, 15) is 19.8 Å². The Labute approximate surface area is 380 Å². The van der Waals surface area contributed by atoms with Gasteiger partial charge in [-0.25, -0.2) is 0 Å². The van der Waals surface area contributed by atoms with E-state index in [1.807, 2.05) is 6.08 Å². The molecule has 3 N–H and O–H groups in total. The molecule has 0 spiro atoms.